The molecule has 0 radical (unpaired) electrons. The van der Waals surface area contributed by atoms with Crippen LogP contribution in [0.25, 0.3) is 21.5 Å². The van der Waals surface area contributed by atoms with Gasteiger partial charge in [0.15, 0.2) is 0 Å². The summed E-state index contributed by atoms with van der Waals surface area (Å²) in [4.78, 5) is 14.8. The highest BCUT2D eigenvalue weighted by molar-refractivity contribution is 7.19. The molecule has 1 N–H and O–H groups in total. The average molecular weight is 551 g/mol. The first-order chi connectivity index (χ1) is 18.7. The summed E-state index contributed by atoms with van der Waals surface area (Å²) in [6.07, 6.45) is 2.73. The van der Waals surface area contributed by atoms with Crippen molar-refractivity contribution in [2.24, 2.45) is 0 Å². The van der Waals surface area contributed by atoms with E-state index in [1.165, 1.54) is 40.4 Å². The number of anilines is 1. The van der Waals surface area contributed by atoms with Crippen LogP contribution in [0.4, 0.5) is 18.9 Å². The van der Waals surface area contributed by atoms with Gasteiger partial charge in [0.05, 0.1) is 23.9 Å². The Hall–Kier alpha value is -2.40. The first kappa shape index (κ1) is 22.6. The Labute approximate surface area is 225 Å². The lowest BCUT2D eigenvalue weighted by atomic mass is 9.94. The SMILES string of the molecule is [2H]C1C=CN(CC(F)(F)F)[C@H]([2H])N1Cc1cc2ncnc(-c3cc(Cl)cc4c3N(C3CCNC3)CCC4)c2s1. The normalized spacial score (nSPS) is 25.5. The maximum atomic E-state index is 13.0. The Morgan fingerprint density at radius 2 is 2.14 bits per heavy atom. The molecule has 2 unspecified atom stereocenters. The van der Waals surface area contributed by atoms with Gasteiger partial charge in [0.2, 0.25) is 0 Å². The third-order valence-corrected chi connectivity index (χ3v) is 8.26. The van der Waals surface area contributed by atoms with E-state index in [0.717, 1.165) is 75.8 Å². The van der Waals surface area contributed by atoms with Crippen molar-refractivity contribution in [2.45, 2.75) is 38.0 Å². The van der Waals surface area contributed by atoms with E-state index in [1.807, 2.05) is 18.2 Å². The Morgan fingerprint density at radius 3 is 2.95 bits per heavy atom. The third kappa shape index (κ3) is 5.30. The number of alkyl halides is 3. The molecule has 6 nitrogen and oxygen atoms in total. The molecule has 0 aliphatic carbocycles. The van der Waals surface area contributed by atoms with E-state index in [2.05, 4.69) is 15.2 Å². The van der Waals surface area contributed by atoms with Gasteiger partial charge in [-0.15, -0.1) is 11.3 Å². The van der Waals surface area contributed by atoms with Crippen molar-refractivity contribution >= 4 is 38.8 Å². The van der Waals surface area contributed by atoms with Crippen molar-refractivity contribution in [3.8, 4) is 11.3 Å². The van der Waals surface area contributed by atoms with E-state index in [1.54, 1.807) is 0 Å². The summed E-state index contributed by atoms with van der Waals surface area (Å²) in [5.74, 6) is 0. The van der Waals surface area contributed by atoms with Crippen molar-refractivity contribution in [1.82, 2.24) is 25.1 Å². The second-order valence-electron chi connectivity index (χ2n) is 9.62. The van der Waals surface area contributed by atoms with Crippen LogP contribution in [0.2, 0.25) is 5.02 Å². The van der Waals surface area contributed by atoms with Gasteiger partial charge >= 0.3 is 6.18 Å². The number of benzene rings is 1. The lowest BCUT2D eigenvalue weighted by molar-refractivity contribution is -0.144. The molecule has 3 aliphatic rings. The molecule has 1 fully saturated rings. The molecule has 5 heterocycles. The Bertz CT molecular complexity index is 1400. The van der Waals surface area contributed by atoms with E-state index in [4.69, 9.17) is 19.3 Å². The van der Waals surface area contributed by atoms with Crippen molar-refractivity contribution in [3.05, 3.63) is 52.3 Å². The Morgan fingerprint density at radius 1 is 1.24 bits per heavy atom. The Balaban J connectivity index is 1.36. The minimum absolute atomic E-state index is 0.148. The smallest absolute Gasteiger partial charge is 0.366 e. The van der Waals surface area contributed by atoms with E-state index < -0.39 is 25.9 Å². The molecule has 196 valence electrons. The van der Waals surface area contributed by atoms with Crippen LogP contribution in [0, 0.1) is 0 Å². The molecule has 3 aliphatic heterocycles. The predicted octanol–water partition coefficient (Wildman–Crippen LogP) is 5.28. The number of rotatable bonds is 5. The fourth-order valence-electron chi connectivity index (χ4n) is 5.46. The summed E-state index contributed by atoms with van der Waals surface area (Å²) < 4.78 is 56.7. The van der Waals surface area contributed by atoms with Crippen LogP contribution >= 0.6 is 22.9 Å². The minimum atomic E-state index is -4.44. The maximum absolute atomic E-state index is 13.0. The lowest BCUT2D eigenvalue weighted by Gasteiger charge is -2.37. The molecule has 0 spiro atoms. The lowest BCUT2D eigenvalue weighted by Crippen LogP contribution is -2.42. The molecule has 1 saturated heterocycles. The second-order valence-corrected chi connectivity index (χ2v) is 11.2. The maximum Gasteiger partial charge on any atom is 0.405 e. The number of thiophene rings is 1. The number of fused-ring (bicyclic) bond motifs is 2. The number of hydrogen-bond acceptors (Lipinski definition) is 7. The monoisotopic (exact) mass is 550 g/mol. The first-order valence-corrected chi connectivity index (χ1v) is 13.5. The predicted molar refractivity (Wildman–Crippen MR) is 142 cm³/mol. The molecular weight excluding hydrogens is 521 g/mol. The summed E-state index contributed by atoms with van der Waals surface area (Å²) in [6.45, 7) is -0.465. The van der Waals surface area contributed by atoms with Gasteiger partial charge in [0, 0.05) is 54.7 Å². The molecule has 0 amide bonds. The van der Waals surface area contributed by atoms with Gasteiger partial charge < -0.3 is 15.1 Å². The van der Waals surface area contributed by atoms with Crippen LogP contribution in [0.5, 0.6) is 0 Å². The highest BCUT2D eigenvalue weighted by Gasteiger charge is 2.32. The number of hydrogen-bond donors (Lipinski definition) is 1. The van der Waals surface area contributed by atoms with Crippen molar-refractivity contribution < 1.29 is 15.9 Å². The molecule has 0 bridgehead atoms. The largest absolute Gasteiger partial charge is 0.405 e. The fraction of sp³-hybridized carbons (Fsp3) is 0.462. The highest BCUT2D eigenvalue weighted by atomic mass is 35.5. The van der Waals surface area contributed by atoms with Crippen LogP contribution in [-0.2, 0) is 13.0 Å². The summed E-state index contributed by atoms with van der Waals surface area (Å²) >= 11 is 8.05. The van der Waals surface area contributed by atoms with Crippen LogP contribution in [0.1, 0.15) is 26.0 Å². The topological polar surface area (TPSA) is 47.5 Å². The molecule has 1 aromatic carbocycles. The molecule has 3 atom stereocenters. The van der Waals surface area contributed by atoms with Gasteiger partial charge in [0.25, 0.3) is 0 Å². The van der Waals surface area contributed by atoms with E-state index >= 15 is 0 Å². The van der Waals surface area contributed by atoms with Crippen LogP contribution in [0.3, 0.4) is 0 Å². The number of halogens is 4. The summed E-state index contributed by atoms with van der Waals surface area (Å²) in [6, 6.07) is 6.29. The quantitative estimate of drug-likeness (QED) is 0.467. The first-order valence-electron chi connectivity index (χ1n) is 13.5. The number of aryl methyl sites for hydroxylation is 1. The van der Waals surface area contributed by atoms with Crippen LogP contribution in [0.15, 0.2) is 36.8 Å². The molecule has 37 heavy (non-hydrogen) atoms. The molecule has 0 saturated carbocycles. The van der Waals surface area contributed by atoms with Crippen molar-refractivity contribution in [3.63, 3.8) is 0 Å². The zero-order chi connectivity index (χ0) is 27.3. The standard InChI is InChI=1S/C26H28ClF3N6S/c27-18-9-17-3-1-8-36(19-4-5-31-12-19)24(17)21(10-18)23-25-22(32-15-33-23)11-20(37-25)13-34-6-2-7-35(16-34)14-26(28,29)30/h2,7,9-11,15,19,31H,1,3-6,8,12-14,16H2/i6D,16D/t6?,16-,19?/m1/s1. The number of aromatic nitrogens is 2. The molecule has 2 aromatic heterocycles. The van der Waals surface area contributed by atoms with Gasteiger partial charge in [-0.3, -0.25) is 4.90 Å². The van der Waals surface area contributed by atoms with E-state index in [0.29, 0.717) is 11.1 Å². The second kappa shape index (κ2) is 10.1. The van der Waals surface area contributed by atoms with E-state index in [9.17, 15) is 13.2 Å². The third-order valence-electron chi connectivity index (χ3n) is 6.93. The molecule has 11 heteroatoms. The van der Waals surface area contributed by atoms with Gasteiger partial charge in [-0.25, -0.2) is 9.97 Å². The minimum Gasteiger partial charge on any atom is -0.366 e. The van der Waals surface area contributed by atoms with Gasteiger partial charge in [-0.05, 0) is 55.8 Å². The zero-order valence-electron chi connectivity index (χ0n) is 22.0. The van der Waals surface area contributed by atoms with Gasteiger partial charge in [0.1, 0.15) is 12.9 Å². The number of nitrogens with one attached hydrogen (secondary N) is 1. The molecule has 3 aromatic rings. The highest BCUT2D eigenvalue weighted by Crippen LogP contribution is 2.43. The van der Waals surface area contributed by atoms with Crippen molar-refractivity contribution in [1.29, 1.82) is 0 Å². The van der Waals surface area contributed by atoms with Crippen molar-refractivity contribution in [2.75, 3.05) is 44.2 Å². The zero-order valence-corrected chi connectivity index (χ0v) is 21.6. The Kier molecular flexibility index (Phi) is 6.13. The van der Waals surface area contributed by atoms with E-state index in [-0.39, 0.29) is 6.54 Å². The van der Waals surface area contributed by atoms with Gasteiger partial charge in [-0.2, -0.15) is 13.2 Å². The average Bonchev–Trinajstić information content (AvgIpc) is 3.56. The molecular formula is C26H28ClF3N6S. The fourth-order valence-corrected chi connectivity index (χ4v) is 6.83. The van der Waals surface area contributed by atoms with Crippen LogP contribution in [-0.4, -0.2) is 71.3 Å². The molecule has 6 rings (SSSR count). The van der Waals surface area contributed by atoms with Gasteiger partial charge in [-0.1, -0.05) is 17.7 Å². The number of nitrogens with zero attached hydrogens (tertiary/aromatic N) is 5. The summed E-state index contributed by atoms with van der Waals surface area (Å²) in [7, 11) is 0. The summed E-state index contributed by atoms with van der Waals surface area (Å²) in [5.41, 5.74) is 4.82. The van der Waals surface area contributed by atoms with Crippen LogP contribution < -0.4 is 10.2 Å². The summed E-state index contributed by atoms with van der Waals surface area (Å²) in [5, 5.41) is 4.12.